The van der Waals surface area contributed by atoms with E-state index < -0.39 is 26.0 Å². The maximum Gasteiger partial charge on any atom is 0.501 e. The van der Waals surface area contributed by atoms with Gasteiger partial charge in [0, 0.05) is 5.56 Å². The van der Waals surface area contributed by atoms with Gasteiger partial charge in [-0.05, 0) is 12.1 Å². The van der Waals surface area contributed by atoms with Crippen LogP contribution in [0.15, 0.2) is 35.4 Å². The summed E-state index contributed by atoms with van der Waals surface area (Å²) in [5.41, 5.74) is -5.62. The Morgan fingerprint density at radius 1 is 1.29 bits per heavy atom. The van der Waals surface area contributed by atoms with Gasteiger partial charge in [0.2, 0.25) is 5.78 Å². The van der Waals surface area contributed by atoms with Crippen LogP contribution < -0.4 is 0 Å². The van der Waals surface area contributed by atoms with Gasteiger partial charge in [0.25, 0.3) is 9.84 Å². The minimum Gasteiger partial charge on any atom is -0.288 e. The van der Waals surface area contributed by atoms with Crippen LogP contribution in [0.5, 0.6) is 0 Å². The van der Waals surface area contributed by atoms with E-state index in [1.54, 1.807) is 0 Å². The molecule has 0 aliphatic heterocycles. The van der Waals surface area contributed by atoms with E-state index in [9.17, 15) is 26.4 Å². The van der Waals surface area contributed by atoms with Crippen molar-refractivity contribution in [2.45, 2.75) is 10.4 Å². The maximum atomic E-state index is 12.5. The number of nitrogens with zero attached hydrogens (tertiary/aromatic N) is 1. The van der Waals surface area contributed by atoms with E-state index in [0.717, 1.165) is 23.5 Å². The van der Waals surface area contributed by atoms with Crippen molar-refractivity contribution in [3.63, 3.8) is 0 Å². The molecule has 0 saturated heterocycles. The first kappa shape index (κ1) is 15.9. The fourth-order valence-corrected chi connectivity index (χ4v) is 3.15. The number of carbonyl (C=O) groups is 1. The standard InChI is InChI=1S/C11H5ClF3NO3S2/c12-10-16-5-8(20-10)9(17)6-2-1-3-7(4-6)21(18,19)11(13,14)15/h1-5H. The molecule has 0 aliphatic rings. The number of hydrogen-bond acceptors (Lipinski definition) is 5. The Balaban J connectivity index is 2.46. The number of halogens is 4. The van der Waals surface area contributed by atoms with E-state index in [1.165, 1.54) is 12.3 Å². The Hall–Kier alpha value is -1.45. The Labute approximate surface area is 126 Å². The van der Waals surface area contributed by atoms with Crippen molar-refractivity contribution >= 4 is 38.6 Å². The topological polar surface area (TPSA) is 64.1 Å². The van der Waals surface area contributed by atoms with E-state index >= 15 is 0 Å². The lowest BCUT2D eigenvalue weighted by Gasteiger charge is -2.08. The molecule has 0 saturated carbocycles. The van der Waals surface area contributed by atoms with Gasteiger partial charge in [-0.3, -0.25) is 4.79 Å². The first-order chi connectivity index (χ1) is 9.63. The molecule has 10 heteroatoms. The summed E-state index contributed by atoms with van der Waals surface area (Å²) in [5, 5.41) is 0. The second-order valence-corrected chi connectivity index (χ2v) is 7.34. The van der Waals surface area contributed by atoms with E-state index in [-0.39, 0.29) is 14.9 Å². The normalized spacial score (nSPS) is 12.4. The van der Waals surface area contributed by atoms with Crippen LogP contribution in [0, 0.1) is 0 Å². The van der Waals surface area contributed by atoms with Gasteiger partial charge in [-0.15, -0.1) is 0 Å². The lowest BCUT2D eigenvalue weighted by atomic mass is 10.1. The number of carbonyl (C=O) groups excluding carboxylic acids is 1. The molecule has 1 aromatic carbocycles. The van der Waals surface area contributed by atoms with E-state index in [4.69, 9.17) is 11.6 Å². The van der Waals surface area contributed by atoms with Gasteiger partial charge in [-0.25, -0.2) is 13.4 Å². The van der Waals surface area contributed by atoms with Gasteiger partial charge < -0.3 is 0 Å². The van der Waals surface area contributed by atoms with Gasteiger partial charge >= 0.3 is 5.51 Å². The molecule has 112 valence electrons. The highest BCUT2D eigenvalue weighted by Crippen LogP contribution is 2.31. The number of sulfone groups is 1. The van der Waals surface area contributed by atoms with Crippen LogP contribution in [0.4, 0.5) is 13.2 Å². The highest BCUT2D eigenvalue weighted by atomic mass is 35.5. The second kappa shape index (κ2) is 5.39. The third kappa shape index (κ3) is 3.09. The lowest BCUT2D eigenvalue weighted by Crippen LogP contribution is -2.23. The average Bonchev–Trinajstić information content (AvgIpc) is 2.83. The van der Waals surface area contributed by atoms with E-state index in [0.29, 0.717) is 6.07 Å². The number of thiazole rings is 1. The quantitative estimate of drug-likeness (QED) is 0.792. The van der Waals surface area contributed by atoms with Crippen molar-refractivity contribution < 1.29 is 26.4 Å². The van der Waals surface area contributed by atoms with E-state index in [2.05, 4.69) is 4.98 Å². The van der Waals surface area contributed by atoms with Crippen LogP contribution in [0.3, 0.4) is 0 Å². The number of ketones is 1. The molecule has 0 radical (unpaired) electrons. The summed E-state index contributed by atoms with van der Waals surface area (Å²) >= 11 is 6.41. The molecule has 0 atom stereocenters. The summed E-state index contributed by atoms with van der Waals surface area (Å²) in [6.07, 6.45) is 1.17. The first-order valence-corrected chi connectivity index (χ1v) is 7.88. The van der Waals surface area contributed by atoms with Gasteiger partial charge in [-0.1, -0.05) is 35.1 Å². The zero-order valence-corrected chi connectivity index (χ0v) is 12.3. The van der Waals surface area contributed by atoms with Crippen molar-refractivity contribution in [3.05, 3.63) is 45.4 Å². The lowest BCUT2D eigenvalue weighted by molar-refractivity contribution is -0.0436. The molecule has 0 aliphatic carbocycles. The van der Waals surface area contributed by atoms with Gasteiger partial charge in [0.1, 0.15) is 0 Å². The largest absolute Gasteiger partial charge is 0.501 e. The molecule has 2 rings (SSSR count). The molecular weight excluding hydrogens is 351 g/mol. The molecule has 21 heavy (non-hydrogen) atoms. The van der Waals surface area contributed by atoms with Crippen molar-refractivity contribution in [2.24, 2.45) is 0 Å². The molecule has 2 aromatic rings. The highest BCUT2D eigenvalue weighted by molar-refractivity contribution is 7.92. The van der Waals surface area contributed by atoms with Crippen molar-refractivity contribution in [1.29, 1.82) is 0 Å². The molecule has 0 amide bonds. The minimum absolute atomic E-state index is 0.0948. The number of hydrogen-bond donors (Lipinski definition) is 0. The third-order valence-electron chi connectivity index (χ3n) is 2.41. The third-order valence-corrected chi connectivity index (χ3v) is 5.01. The van der Waals surface area contributed by atoms with Crippen LogP contribution in [0.2, 0.25) is 4.47 Å². The zero-order chi connectivity index (χ0) is 15.8. The Kier molecular flexibility index (Phi) is 4.09. The highest BCUT2D eigenvalue weighted by Gasteiger charge is 2.46. The first-order valence-electron chi connectivity index (χ1n) is 5.20. The van der Waals surface area contributed by atoms with Crippen molar-refractivity contribution in [3.8, 4) is 0 Å². The Bertz CT molecular complexity index is 799. The smallest absolute Gasteiger partial charge is 0.288 e. The Morgan fingerprint density at radius 3 is 2.48 bits per heavy atom. The fourth-order valence-electron chi connectivity index (χ4n) is 1.44. The number of benzene rings is 1. The fraction of sp³-hybridized carbons (Fsp3) is 0.0909. The molecule has 0 bridgehead atoms. The SMILES string of the molecule is O=C(c1cccc(S(=O)(=O)C(F)(F)F)c1)c1cnc(Cl)s1. The molecule has 1 aromatic heterocycles. The van der Waals surface area contributed by atoms with Crippen LogP contribution in [0.25, 0.3) is 0 Å². The molecule has 4 nitrogen and oxygen atoms in total. The van der Waals surface area contributed by atoms with E-state index in [1.807, 2.05) is 0 Å². The summed E-state index contributed by atoms with van der Waals surface area (Å²) in [4.78, 5) is 14.8. The summed E-state index contributed by atoms with van der Waals surface area (Å²) in [6, 6.07) is 3.73. The summed E-state index contributed by atoms with van der Waals surface area (Å²) in [6.45, 7) is 0. The summed E-state index contributed by atoms with van der Waals surface area (Å²) in [5.74, 6) is -0.654. The molecule has 0 unspecified atom stereocenters. The van der Waals surface area contributed by atoms with Crippen molar-refractivity contribution in [2.75, 3.05) is 0 Å². The monoisotopic (exact) mass is 355 g/mol. The minimum atomic E-state index is -5.50. The number of rotatable bonds is 3. The van der Waals surface area contributed by atoms with Gasteiger partial charge in [0.15, 0.2) is 4.47 Å². The molecule has 1 heterocycles. The molecule has 0 fully saturated rings. The summed E-state index contributed by atoms with van der Waals surface area (Å²) < 4.78 is 60.1. The van der Waals surface area contributed by atoms with Crippen LogP contribution >= 0.6 is 22.9 Å². The zero-order valence-electron chi connectivity index (χ0n) is 9.89. The molecule has 0 spiro atoms. The predicted octanol–water partition coefficient (Wildman–Crippen LogP) is 3.32. The Morgan fingerprint density at radius 2 is 1.95 bits per heavy atom. The average molecular weight is 356 g/mol. The number of aromatic nitrogens is 1. The van der Waals surface area contributed by atoms with Gasteiger partial charge in [0.05, 0.1) is 16.0 Å². The maximum absolute atomic E-state index is 12.5. The summed E-state index contributed by atoms with van der Waals surface area (Å²) in [7, 11) is -5.50. The van der Waals surface area contributed by atoms with Crippen LogP contribution in [0.1, 0.15) is 15.2 Å². The van der Waals surface area contributed by atoms with Gasteiger partial charge in [-0.2, -0.15) is 13.2 Å². The van der Waals surface area contributed by atoms with Crippen LogP contribution in [-0.2, 0) is 9.84 Å². The molecule has 0 N–H and O–H groups in total. The second-order valence-electron chi connectivity index (χ2n) is 3.78. The number of alkyl halides is 3. The molecular formula is C11H5ClF3NO3S2. The predicted molar refractivity (Wildman–Crippen MR) is 70.2 cm³/mol. The van der Waals surface area contributed by atoms with Crippen LogP contribution in [-0.4, -0.2) is 24.7 Å². The van der Waals surface area contributed by atoms with Crippen molar-refractivity contribution in [1.82, 2.24) is 4.98 Å².